The Kier molecular flexibility index (Phi) is 7.07. The van der Waals surface area contributed by atoms with Crippen molar-refractivity contribution in [2.45, 2.75) is 19.3 Å². The standard InChI is InChI=1S/C14H16ClF2N5O.ClH/c1-2-11-12(13(23)19-8-14(16,17)7-18)20-21-22(11)10-5-3-4-9(15)6-10;/h3-6H,2,7-8,18H2,1H3,(H,19,23);1H. The van der Waals surface area contributed by atoms with Gasteiger partial charge in [0.15, 0.2) is 5.69 Å². The van der Waals surface area contributed by atoms with Gasteiger partial charge in [-0.2, -0.15) is 0 Å². The number of aromatic nitrogens is 3. The molecule has 0 spiro atoms. The molecule has 24 heavy (non-hydrogen) atoms. The molecule has 6 nitrogen and oxygen atoms in total. The largest absolute Gasteiger partial charge is 0.344 e. The number of benzene rings is 1. The molecule has 3 N–H and O–H groups in total. The molecule has 0 fully saturated rings. The van der Waals surface area contributed by atoms with Gasteiger partial charge in [-0.25, -0.2) is 13.5 Å². The van der Waals surface area contributed by atoms with E-state index in [1.54, 1.807) is 24.3 Å². The number of nitrogens with zero attached hydrogens (tertiary/aromatic N) is 3. The molecule has 1 amide bonds. The summed E-state index contributed by atoms with van der Waals surface area (Å²) in [6, 6.07) is 6.86. The third-order valence-corrected chi connectivity index (χ3v) is 3.41. The first-order valence-electron chi connectivity index (χ1n) is 6.94. The van der Waals surface area contributed by atoms with Gasteiger partial charge in [0.1, 0.15) is 0 Å². The van der Waals surface area contributed by atoms with E-state index in [0.717, 1.165) is 0 Å². The highest BCUT2D eigenvalue weighted by atomic mass is 35.5. The first-order valence-corrected chi connectivity index (χ1v) is 7.32. The van der Waals surface area contributed by atoms with E-state index in [-0.39, 0.29) is 18.1 Å². The van der Waals surface area contributed by atoms with Gasteiger partial charge in [0.05, 0.1) is 24.5 Å². The van der Waals surface area contributed by atoms with Crippen molar-refractivity contribution < 1.29 is 13.6 Å². The highest BCUT2D eigenvalue weighted by Crippen LogP contribution is 2.18. The zero-order valence-electron chi connectivity index (χ0n) is 12.8. The van der Waals surface area contributed by atoms with Crippen LogP contribution in [0, 0.1) is 0 Å². The lowest BCUT2D eigenvalue weighted by Crippen LogP contribution is -2.41. The van der Waals surface area contributed by atoms with Crippen LogP contribution in [0.25, 0.3) is 5.69 Å². The highest BCUT2D eigenvalue weighted by Gasteiger charge is 2.29. The molecule has 1 aromatic carbocycles. The van der Waals surface area contributed by atoms with Crippen molar-refractivity contribution in [3.05, 3.63) is 40.7 Å². The summed E-state index contributed by atoms with van der Waals surface area (Å²) in [5, 5.41) is 10.4. The monoisotopic (exact) mass is 379 g/mol. The third-order valence-electron chi connectivity index (χ3n) is 3.17. The molecule has 0 saturated carbocycles. The average Bonchev–Trinajstić information content (AvgIpc) is 2.96. The molecule has 2 aromatic rings. The summed E-state index contributed by atoms with van der Waals surface area (Å²) >= 11 is 5.94. The maximum atomic E-state index is 13.1. The quantitative estimate of drug-likeness (QED) is 0.805. The van der Waals surface area contributed by atoms with Crippen LogP contribution in [-0.2, 0) is 6.42 Å². The molecule has 1 heterocycles. The van der Waals surface area contributed by atoms with Crippen molar-refractivity contribution in [1.82, 2.24) is 20.3 Å². The van der Waals surface area contributed by atoms with E-state index in [0.29, 0.717) is 22.8 Å². The maximum Gasteiger partial charge on any atom is 0.277 e. The smallest absolute Gasteiger partial charge is 0.277 e. The predicted octanol–water partition coefficient (Wildman–Crippen LogP) is 2.23. The lowest BCUT2D eigenvalue weighted by molar-refractivity contribution is 0.0118. The Morgan fingerprint density at radius 1 is 1.46 bits per heavy atom. The van der Waals surface area contributed by atoms with Crippen LogP contribution in [0.2, 0.25) is 5.02 Å². The molecule has 1 aromatic heterocycles. The topological polar surface area (TPSA) is 85.8 Å². The van der Waals surface area contributed by atoms with E-state index in [2.05, 4.69) is 15.6 Å². The predicted molar refractivity (Wildman–Crippen MR) is 89.3 cm³/mol. The van der Waals surface area contributed by atoms with Gasteiger partial charge in [0.25, 0.3) is 11.8 Å². The first kappa shape index (κ1) is 20.3. The Labute approximate surface area is 148 Å². The maximum absolute atomic E-state index is 13.1. The molecule has 2 rings (SSSR count). The fourth-order valence-electron chi connectivity index (χ4n) is 1.98. The summed E-state index contributed by atoms with van der Waals surface area (Å²) in [6.07, 6.45) is 0.440. The number of nitrogens with one attached hydrogen (secondary N) is 1. The Morgan fingerprint density at radius 2 is 2.17 bits per heavy atom. The molecule has 132 valence electrons. The molecule has 0 aliphatic heterocycles. The molecular weight excluding hydrogens is 363 g/mol. The lowest BCUT2D eigenvalue weighted by atomic mass is 10.2. The zero-order chi connectivity index (χ0) is 17.0. The summed E-state index contributed by atoms with van der Waals surface area (Å²) in [4.78, 5) is 12.1. The van der Waals surface area contributed by atoms with Crippen molar-refractivity contribution in [3.63, 3.8) is 0 Å². The van der Waals surface area contributed by atoms with Gasteiger partial charge in [0, 0.05) is 5.02 Å². The van der Waals surface area contributed by atoms with E-state index >= 15 is 0 Å². The fraction of sp³-hybridized carbons (Fsp3) is 0.357. The molecule has 10 heteroatoms. The minimum absolute atomic E-state index is 0. The van der Waals surface area contributed by atoms with E-state index in [1.807, 2.05) is 6.92 Å². The molecule has 0 bridgehead atoms. The van der Waals surface area contributed by atoms with Gasteiger partial charge in [-0.15, -0.1) is 17.5 Å². The van der Waals surface area contributed by atoms with Crippen molar-refractivity contribution in [2.75, 3.05) is 13.1 Å². The number of carbonyl (C=O) groups excluding carboxylic acids is 1. The number of amides is 1. The molecule has 0 radical (unpaired) electrons. The molecule has 0 aliphatic carbocycles. The Bertz CT molecular complexity index is 708. The summed E-state index contributed by atoms with van der Waals surface area (Å²) in [5.74, 6) is -3.88. The molecule has 0 unspecified atom stereocenters. The first-order chi connectivity index (χ1) is 10.9. The molecule has 0 aliphatic rings. The normalized spacial score (nSPS) is 11.0. The van der Waals surface area contributed by atoms with Gasteiger partial charge in [-0.1, -0.05) is 29.8 Å². The van der Waals surface area contributed by atoms with Gasteiger partial charge >= 0.3 is 0 Å². The van der Waals surface area contributed by atoms with Gasteiger partial charge in [-0.05, 0) is 24.6 Å². The van der Waals surface area contributed by atoms with Crippen molar-refractivity contribution in [3.8, 4) is 5.69 Å². The van der Waals surface area contributed by atoms with Crippen LogP contribution in [0.4, 0.5) is 8.78 Å². The summed E-state index contributed by atoms with van der Waals surface area (Å²) in [7, 11) is 0. The number of alkyl halides is 2. The molecule has 0 atom stereocenters. The number of hydrogen-bond acceptors (Lipinski definition) is 4. The van der Waals surface area contributed by atoms with Crippen LogP contribution in [0.3, 0.4) is 0 Å². The van der Waals surface area contributed by atoms with E-state index in [1.165, 1.54) is 4.68 Å². The molecule has 0 saturated heterocycles. The van der Waals surface area contributed by atoms with Crippen LogP contribution in [0.1, 0.15) is 23.1 Å². The van der Waals surface area contributed by atoms with E-state index in [9.17, 15) is 13.6 Å². The fourth-order valence-corrected chi connectivity index (χ4v) is 2.16. The molecular formula is C14H17Cl2F2N5O. The zero-order valence-corrected chi connectivity index (χ0v) is 14.4. The lowest BCUT2D eigenvalue weighted by Gasteiger charge is -2.14. The van der Waals surface area contributed by atoms with E-state index in [4.69, 9.17) is 17.3 Å². The average molecular weight is 380 g/mol. The van der Waals surface area contributed by atoms with Crippen LogP contribution in [0.5, 0.6) is 0 Å². The van der Waals surface area contributed by atoms with Crippen LogP contribution in [0.15, 0.2) is 24.3 Å². The highest BCUT2D eigenvalue weighted by molar-refractivity contribution is 6.30. The number of nitrogens with two attached hydrogens (primary N) is 1. The minimum Gasteiger partial charge on any atom is -0.344 e. The van der Waals surface area contributed by atoms with Crippen LogP contribution in [-0.4, -0.2) is 39.9 Å². The van der Waals surface area contributed by atoms with Crippen molar-refractivity contribution >= 4 is 29.9 Å². The van der Waals surface area contributed by atoms with Crippen molar-refractivity contribution in [1.29, 1.82) is 0 Å². The Morgan fingerprint density at radius 3 is 2.75 bits per heavy atom. The second-order valence-corrected chi connectivity index (χ2v) is 5.31. The summed E-state index contributed by atoms with van der Waals surface area (Å²) < 4.78 is 27.7. The summed E-state index contributed by atoms with van der Waals surface area (Å²) in [5.41, 5.74) is 6.07. The Hall–Kier alpha value is -1.77. The second kappa shape index (κ2) is 8.36. The number of carbonyl (C=O) groups is 1. The Balaban J connectivity index is 0.00000288. The number of rotatable bonds is 6. The number of halogens is 4. The van der Waals surface area contributed by atoms with Gasteiger partial charge in [0.2, 0.25) is 0 Å². The van der Waals surface area contributed by atoms with Gasteiger partial charge < -0.3 is 11.1 Å². The summed E-state index contributed by atoms with van der Waals surface area (Å²) in [6.45, 7) is 0.115. The minimum atomic E-state index is -3.16. The number of hydrogen-bond donors (Lipinski definition) is 2. The van der Waals surface area contributed by atoms with Crippen LogP contribution >= 0.6 is 24.0 Å². The van der Waals surface area contributed by atoms with Crippen molar-refractivity contribution in [2.24, 2.45) is 5.73 Å². The van der Waals surface area contributed by atoms with Gasteiger partial charge in [-0.3, -0.25) is 4.79 Å². The van der Waals surface area contributed by atoms with E-state index < -0.39 is 24.9 Å². The van der Waals surface area contributed by atoms with Crippen LogP contribution < -0.4 is 11.1 Å². The third kappa shape index (κ3) is 4.62. The second-order valence-electron chi connectivity index (χ2n) is 4.87. The SMILES string of the molecule is CCc1c(C(=O)NCC(F)(F)CN)nnn1-c1cccc(Cl)c1.Cl.